The molecule has 0 saturated heterocycles. The quantitative estimate of drug-likeness (QED) is 0.0953. The Bertz CT molecular complexity index is 3260. The number of ether oxygens (including phenoxy) is 1. The number of methoxy groups -OCH3 is 1. The summed E-state index contributed by atoms with van der Waals surface area (Å²) in [6.45, 7) is 8.98. The van der Waals surface area contributed by atoms with Crippen molar-refractivity contribution in [1.82, 2.24) is 19.6 Å². The number of carboxylic acid groups (broad SMARTS) is 1. The van der Waals surface area contributed by atoms with E-state index in [0.717, 1.165) is 47.9 Å². The van der Waals surface area contributed by atoms with E-state index in [9.17, 15) is 9.59 Å². The van der Waals surface area contributed by atoms with Crippen molar-refractivity contribution in [3.8, 4) is 22.3 Å². The molecule has 8 aromatic rings. The first-order valence-corrected chi connectivity index (χ1v) is 25.2. The number of aromatic nitrogens is 4. The van der Waals surface area contributed by atoms with Gasteiger partial charge in [0, 0.05) is 73.2 Å². The summed E-state index contributed by atoms with van der Waals surface area (Å²) < 4.78 is 8.41. The molecule has 2 aliphatic rings. The topological polar surface area (TPSA) is 106 Å². The molecule has 0 spiro atoms. The second-order valence-corrected chi connectivity index (χ2v) is 19.3. The fraction of sp³-hybridized carbons (Fsp3) is 0.238. The standard InChI is InChI=1S/C32H33N3O2.C31H31N3O2/c1-5-23-8-14-29(15-9-23)35-22(2)18-27-19-26(28-20-33-34(3)21-28)13-16-30(27)32(35)25-11-6-24(7-12-25)10-17-31(36)37-4;1-4-22-7-13-28(14-8-22)34-21(2)17-26-18-25(27-19-32-33(3)20-27)12-15-29(26)31(34)24-10-5-23(6-11-24)9-16-30(35)36/h6-17,19-22,32H,5,18H2,1-4H3;5-16,18-21,31H,4,17H2,1-3H3,(H,35,36)/b17-10+;16-9+. The molecule has 10 nitrogen and oxygen atoms in total. The number of nitrogens with zero attached hydrogens (tertiary/aromatic N) is 6. The summed E-state index contributed by atoms with van der Waals surface area (Å²) in [4.78, 5) is 27.5. The molecule has 4 atom stereocenters. The van der Waals surface area contributed by atoms with E-state index in [1.807, 2.05) is 48.0 Å². The molecule has 6 aromatic carbocycles. The van der Waals surface area contributed by atoms with Gasteiger partial charge in [-0.1, -0.05) is 123 Å². The van der Waals surface area contributed by atoms with Crippen molar-refractivity contribution in [3.05, 3.63) is 226 Å². The summed E-state index contributed by atoms with van der Waals surface area (Å²) in [5, 5.41) is 17.7. The Morgan fingerprint density at radius 1 is 0.575 bits per heavy atom. The van der Waals surface area contributed by atoms with Crippen LogP contribution in [0.2, 0.25) is 0 Å². The highest BCUT2D eigenvalue weighted by molar-refractivity contribution is 5.87. The van der Waals surface area contributed by atoms with Gasteiger partial charge < -0.3 is 19.6 Å². The molecule has 370 valence electrons. The Morgan fingerprint density at radius 2 is 0.986 bits per heavy atom. The molecule has 0 saturated carbocycles. The molecular weight excluding hydrogens is 905 g/mol. The van der Waals surface area contributed by atoms with Crippen LogP contribution in [0, 0.1) is 0 Å². The Morgan fingerprint density at radius 3 is 1.34 bits per heavy atom. The molecule has 0 aliphatic carbocycles. The molecule has 73 heavy (non-hydrogen) atoms. The van der Waals surface area contributed by atoms with Gasteiger partial charge >= 0.3 is 11.9 Å². The van der Waals surface area contributed by atoms with Crippen molar-refractivity contribution in [2.24, 2.45) is 14.1 Å². The second kappa shape index (κ2) is 22.0. The van der Waals surface area contributed by atoms with Crippen LogP contribution in [0.4, 0.5) is 11.4 Å². The zero-order valence-corrected chi connectivity index (χ0v) is 42.8. The first-order valence-electron chi connectivity index (χ1n) is 25.2. The van der Waals surface area contributed by atoms with Crippen molar-refractivity contribution in [2.45, 2.75) is 77.5 Å². The average Bonchev–Trinajstić information content (AvgIpc) is 4.07. The predicted molar refractivity (Wildman–Crippen MR) is 295 cm³/mol. The van der Waals surface area contributed by atoms with Gasteiger partial charge in [-0.2, -0.15) is 10.2 Å². The maximum atomic E-state index is 11.5. The minimum atomic E-state index is -0.944. The SMILES string of the molecule is CCc1ccc(N2C(C)Cc3cc(-c4cnn(C)c4)ccc3C2c2ccc(/C=C/C(=O)O)cc2)cc1.CCc1ccc(N2C(C)Cc3cc(-c4cnn(C)c4)ccc3C2c2ccc(/C=C/C(=O)OC)cc2)cc1. The summed E-state index contributed by atoms with van der Waals surface area (Å²) in [6.07, 6.45) is 18.0. The van der Waals surface area contributed by atoms with Gasteiger partial charge in [0.25, 0.3) is 0 Å². The van der Waals surface area contributed by atoms with E-state index in [0.29, 0.717) is 12.1 Å². The Hall–Kier alpha value is -8.24. The maximum Gasteiger partial charge on any atom is 0.330 e. The van der Waals surface area contributed by atoms with Crippen molar-refractivity contribution in [1.29, 1.82) is 0 Å². The lowest BCUT2D eigenvalue weighted by Crippen LogP contribution is -2.42. The Labute approximate surface area is 429 Å². The number of carbonyl (C=O) groups excluding carboxylic acids is 1. The number of anilines is 2. The summed E-state index contributed by atoms with van der Waals surface area (Å²) in [5.41, 5.74) is 19.3. The molecule has 4 unspecified atom stereocenters. The van der Waals surface area contributed by atoms with Gasteiger partial charge in [0.05, 0.1) is 31.6 Å². The number of carboxylic acids is 1. The van der Waals surface area contributed by atoms with Crippen molar-refractivity contribution in [2.75, 3.05) is 16.9 Å². The van der Waals surface area contributed by atoms with Crippen molar-refractivity contribution >= 4 is 35.5 Å². The van der Waals surface area contributed by atoms with E-state index >= 15 is 0 Å². The van der Waals surface area contributed by atoms with Gasteiger partial charge in [-0.15, -0.1) is 0 Å². The van der Waals surface area contributed by atoms with Gasteiger partial charge in [-0.05, 0) is 143 Å². The third-order valence-electron chi connectivity index (χ3n) is 14.3. The van der Waals surface area contributed by atoms with E-state index in [4.69, 9.17) is 9.84 Å². The summed E-state index contributed by atoms with van der Waals surface area (Å²) in [6, 6.07) is 49.0. The fourth-order valence-corrected chi connectivity index (χ4v) is 10.5. The molecule has 1 N–H and O–H groups in total. The smallest absolute Gasteiger partial charge is 0.330 e. The van der Waals surface area contributed by atoms with Gasteiger partial charge in [0.1, 0.15) is 0 Å². The molecule has 0 radical (unpaired) electrons. The fourth-order valence-electron chi connectivity index (χ4n) is 10.5. The minimum Gasteiger partial charge on any atom is -0.478 e. The highest BCUT2D eigenvalue weighted by Gasteiger charge is 2.35. The first kappa shape index (κ1) is 49.7. The summed E-state index contributed by atoms with van der Waals surface area (Å²) in [7, 11) is 5.28. The number of aliphatic carboxylic acids is 1. The molecular formula is C63H64N6O4. The van der Waals surface area contributed by atoms with Crippen LogP contribution in [-0.2, 0) is 54.1 Å². The van der Waals surface area contributed by atoms with Crippen LogP contribution in [-0.4, -0.2) is 55.8 Å². The van der Waals surface area contributed by atoms with Crippen molar-refractivity contribution < 1.29 is 19.4 Å². The van der Waals surface area contributed by atoms with E-state index in [1.165, 1.54) is 86.3 Å². The number of carbonyl (C=O) groups is 2. The Kier molecular flexibility index (Phi) is 15.0. The number of esters is 1. The number of hydrogen-bond donors (Lipinski definition) is 1. The van der Waals surface area contributed by atoms with Crippen LogP contribution in [0.5, 0.6) is 0 Å². The van der Waals surface area contributed by atoms with E-state index in [-0.39, 0.29) is 18.1 Å². The molecule has 0 fully saturated rings. The molecule has 0 bridgehead atoms. The molecule has 10 heteroatoms. The van der Waals surface area contributed by atoms with E-state index in [1.54, 1.807) is 12.2 Å². The third-order valence-corrected chi connectivity index (χ3v) is 14.3. The van der Waals surface area contributed by atoms with Gasteiger partial charge in [-0.3, -0.25) is 9.36 Å². The van der Waals surface area contributed by atoms with Crippen LogP contribution in [0.15, 0.2) is 170 Å². The number of hydrogen-bond acceptors (Lipinski definition) is 7. The normalized spacial score (nSPS) is 17.2. The van der Waals surface area contributed by atoms with Crippen LogP contribution >= 0.6 is 0 Å². The average molecular weight is 969 g/mol. The van der Waals surface area contributed by atoms with Gasteiger partial charge in [0.15, 0.2) is 0 Å². The minimum absolute atomic E-state index is 0.0525. The van der Waals surface area contributed by atoms with E-state index in [2.05, 4.69) is 181 Å². The molecule has 0 amide bonds. The lowest BCUT2D eigenvalue weighted by Gasteiger charge is -2.44. The van der Waals surface area contributed by atoms with E-state index < -0.39 is 5.97 Å². The largest absolute Gasteiger partial charge is 0.478 e. The monoisotopic (exact) mass is 968 g/mol. The van der Waals surface area contributed by atoms with Crippen LogP contribution in [0.1, 0.15) is 95.4 Å². The molecule has 10 rings (SSSR count). The molecule has 2 aromatic heterocycles. The molecule has 4 heterocycles. The summed E-state index contributed by atoms with van der Waals surface area (Å²) >= 11 is 0. The zero-order chi connectivity index (χ0) is 51.2. The maximum absolute atomic E-state index is 11.5. The highest BCUT2D eigenvalue weighted by Crippen LogP contribution is 2.44. The van der Waals surface area contributed by atoms with Crippen LogP contribution in [0.25, 0.3) is 34.4 Å². The van der Waals surface area contributed by atoms with Crippen LogP contribution < -0.4 is 9.80 Å². The lowest BCUT2D eigenvalue weighted by atomic mass is 9.83. The summed E-state index contributed by atoms with van der Waals surface area (Å²) in [5.74, 6) is -1.30. The number of rotatable bonds is 12. The molecule has 2 aliphatic heterocycles. The number of fused-ring (bicyclic) bond motifs is 2. The second-order valence-electron chi connectivity index (χ2n) is 19.3. The van der Waals surface area contributed by atoms with Crippen LogP contribution in [0.3, 0.4) is 0 Å². The number of benzene rings is 6. The lowest BCUT2D eigenvalue weighted by molar-refractivity contribution is -0.135. The predicted octanol–water partition coefficient (Wildman–Crippen LogP) is 12.7. The first-order chi connectivity index (χ1) is 35.4. The van der Waals surface area contributed by atoms with Gasteiger partial charge in [0.2, 0.25) is 0 Å². The zero-order valence-electron chi connectivity index (χ0n) is 42.8. The van der Waals surface area contributed by atoms with Gasteiger partial charge in [-0.25, -0.2) is 9.59 Å². The highest BCUT2D eigenvalue weighted by atomic mass is 16.5. The van der Waals surface area contributed by atoms with Crippen molar-refractivity contribution in [3.63, 3.8) is 0 Å². The number of aryl methyl sites for hydroxylation is 4. The third kappa shape index (κ3) is 11.1. The Balaban J connectivity index is 0.000000180.